The first kappa shape index (κ1) is 14.4. The van der Waals surface area contributed by atoms with Crippen LogP contribution in [0.1, 0.15) is 11.7 Å². The highest BCUT2D eigenvalue weighted by atomic mass is 16.5. The van der Waals surface area contributed by atoms with Crippen molar-refractivity contribution in [1.82, 2.24) is 29.8 Å². The zero-order valence-corrected chi connectivity index (χ0v) is 13.8. The molecule has 4 heterocycles. The second kappa shape index (κ2) is 5.52. The maximum Gasteiger partial charge on any atom is 0.200 e. The van der Waals surface area contributed by atoms with Crippen molar-refractivity contribution >= 4 is 22.4 Å². The van der Waals surface area contributed by atoms with E-state index in [1.807, 2.05) is 12.1 Å². The maximum atomic E-state index is 6.08. The number of aromatic nitrogens is 6. The molecule has 8 heteroatoms. The molecule has 1 aromatic carbocycles. The lowest BCUT2D eigenvalue weighted by Gasteiger charge is -2.34. The van der Waals surface area contributed by atoms with Crippen LogP contribution >= 0.6 is 0 Å². The number of fused-ring (bicyclic) bond motifs is 2. The Hall–Kier alpha value is -3.00. The highest BCUT2D eigenvalue weighted by molar-refractivity contribution is 5.84. The number of morpholine rings is 1. The quantitative estimate of drug-likeness (QED) is 0.554. The SMILES string of the molecule is Cn1ccc2c(C3CN(c4ccc5nnnn5n4)CCO3)cccc21. The third kappa shape index (κ3) is 2.33. The van der Waals surface area contributed by atoms with E-state index in [1.165, 1.54) is 21.1 Å². The number of nitrogens with zero attached hydrogens (tertiary/aromatic N) is 7. The monoisotopic (exact) mass is 335 g/mol. The second-order valence-electron chi connectivity index (χ2n) is 6.23. The molecule has 126 valence electrons. The van der Waals surface area contributed by atoms with Crippen LogP contribution in [0.5, 0.6) is 0 Å². The number of tetrazole rings is 1. The van der Waals surface area contributed by atoms with Crippen LogP contribution in [0.4, 0.5) is 5.82 Å². The van der Waals surface area contributed by atoms with Gasteiger partial charge in [-0.2, -0.15) is 0 Å². The van der Waals surface area contributed by atoms with Gasteiger partial charge >= 0.3 is 0 Å². The Morgan fingerprint density at radius 3 is 3.08 bits per heavy atom. The summed E-state index contributed by atoms with van der Waals surface area (Å²) >= 11 is 0. The molecule has 0 N–H and O–H groups in total. The van der Waals surface area contributed by atoms with Crippen LogP contribution in [0.15, 0.2) is 42.6 Å². The molecule has 0 amide bonds. The zero-order valence-electron chi connectivity index (χ0n) is 13.8. The van der Waals surface area contributed by atoms with Gasteiger partial charge in [0, 0.05) is 37.2 Å². The van der Waals surface area contributed by atoms with Gasteiger partial charge in [-0.05, 0) is 40.3 Å². The normalized spacial score (nSPS) is 18.3. The maximum absolute atomic E-state index is 6.08. The van der Waals surface area contributed by atoms with Crippen LogP contribution < -0.4 is 4.90 Å². The molecule has 1 saturated heterocycles. The van der Waals surface area contributed by atoms with Crippen molar-refractivity contribution in [3.05, 3.63) is 48.2 Å². The number of aryl methyl sites for hydroxylation is 1. The van der Waals surface area contributed by atoms with Crippen molar-refractivity contribution in [2.24, 2.45) is 7.05 Å². The van der Waals surface area contributed by atoms with Gasteiger partial charge in [0.25, 0.3) is 0 Å². The van der Waals surface area contributed by atoms with E-state index >= 15 is 0 Å². The van der Waals surface area contributed by atoms with E-state index in [0.717, 1.165) is 18.9 Å². The van der Waals surface area contributed by atoms with Gasteiger partial charge < -0.3 is 14.2 Å². The number of hydrogen-bond donors (Lipinski definition) is 0. The molecule has 3 aromatic heterocycles. The number of benzene rings is 1. The summed E-state index contributed by atoms with van der Waals surface area (Å²) in [6.45, 7) is 2.19. The van der Waals surface area contributed by atoms with Gasteiger partial charge in [0.05, 0.1) is 6.61 Å². The minimum Gasteiger partial charge on any atom is -0.370 e. The Bertz CT molecular complexity index is 1050. The van der Waals surface area contributed by atoms with Crippen LogP contribution in [0.25, 0.3) is 16.6 Å². The molecule has 0 bridgehead atoms. The lowest BCUT2D eigenvalue weighted by Crippen LogP contribution is -2.39. The molecule has 1 fully saturated rings. The van der Waals surface area contributed by atoms with Crippen molar-refractivity contribution in [1.29, 1.82) is 0 Å². The number of hydrogen-bond acceptors (Lipinski definition) is 6. The molecule has 0 saturated carbocycles. The Morgan fingerprint density at radius 1 is 1.16 bits per heavy atom. The van der Waals surface area contributed by atoms with E-state index in [-0.39, 0.29) is 6.10 Å². The van der Waals surface area contributed by atoms with Gasteiger partial charge in [-0.25, -0.2) is 0 Å². The van der Waals surface area contributed by atoms with Crippen LogP contribution in [-0.2, 0) is 11.8 Å². The Balaban J connectivity index is 1.49. The van der Waals surface area contributed by atoms with Crippen LogP contribution in [0, 0.1) is 0 Å². The standard InChI is InChI=1S/C17H17N7O/c1-22-8-7-12-13(3-2-4-14(12)22)15-11-23(9-10-25-15)17-6-5-16-18-20-21-24(16)19-17/h2-8,15H,9-11H2,1H3. The van der Waals surface area contributed by atoms with Crippen molar-refractivity contribution in [3.8, 4) is 0 Å². The van der Waals surface area contributed by atoms with E-state index in [0.29, 0.717) is 12.3 Å². The first-order valence-corrected chi connectivity index (χ1v) is 8.25. The molecular formula is C17H17N7O. The van der Waals surface area contributed by atoms with Gasteiger partial charge in [0.2, 0.25) is 0 Å². The fraction of sp³-hybridized carbons (Fsp3) is 0.294. The van der Waals surface area contributed by atoms with Crippen molar-refractivity contribution in [2.45, 2.75) is 6.10 Å². The van der Waals surface area contributed by atoms with E-state index in [9.17, 15) is 0 Å². The summed E-state index contributed by atoms with van der Waals surface area (Å²) in [6, 6.07) is 12.4. The van der Waals surface area contributed by atoms with E-state index in [1.54, 1.807) is 0 Å². The molecule has 4 aromatic rings. The van der Waals surface area contributed by atoms with Gasteiger partial charge in [0.15, 0.2) is 11.5 Å². The first-order chi connectivity index (χ1) is 12.3. The molecule has 0 radical (unpaired) electrons. The van der Waals surface area contributed by atoms with E-state index in [4.69, 9.17) is 4.74 Å². The third-order valence-corrected chi connectivity index (χ3v) is 4.75. The van der Waals surface area contributed by atoms with Crippen molar-refractivity contribution in [3.63, 3.8) is 0 Å². The minimum atomic E-state index is 0.00576. The Morgan fingerprint density at radius 2 is 2.12 bits per heavy atom. The van der Waals surface area contributed by atoms with E-state index in [2.05, 4.69) is 67.6 Å². The fourth-order valence-corrected chi connectivity index (χ4v) is 3.46. The number of ether oxygens (including phenoxy) is 1. The predicted molar refractivity (Wildman–Crippen MR) is 92.4 cm³/mol. The zero-order chi connectivity index (χ0) is 16.8. The molecular weight excluding hydrogens is 318 g/mol. The Kier molecular flexibility index (Phi) is 3.17. The molecule has 0 aliphatic carbocycles. The summed E-state index contributed by atoms with van der Waals surface area (Å²) in [5.74, 6) is 0.855. The topological polar surface area (TPSA) is 73.4 Å². The first-order valence-electron chi connectivity index (χ1n) is 8.25. The van der Waals surface area contributed by atoms with Gasteiger partial charge in [-0.1, -0.05) is 12.1 Å². The van der Waals surface area contributed by atoms with Crippen LogP contribution in [0.3, 0.4) is 0 Å². The number of anilines is 1. The molecule has 1 aliphatic rings. The Labute approximate surface area is 143 Å². The smallest absolute Gasteiger partial charge is 0.200 e. The summed E-state index contributed by atoms with van der Waals surface area (Å²) < 4.78 is 9.67. The van der Waals surface area contributed by atoms with Gasteiger partial charge in [-0.3, -0.25) is 0 Å². The minimum absolute atomic E-state index is 0.00576. The largest absolute Gasteiger partial charge is 0.370 e. The molecule has 25 heavy (non-hydrogen) atoms. The van der Waals surface area contributed by atoms with Crippen molar-refractivity contribution in [2.75, 3.05) is 24.6 Å². The predicted octanol–water partition coefficient (Wildman–Crippen LogP) is 1.59. The molecule has 0 spiro atoms. The summed E-state index contributed by atoms with van der Waals surface area (Å²) in [6.07, 6.45) is 2.09. The molecule has 5 rings (SSSR count). The molecule has 1 aliphatic heterocycles. The van der Waals surface area contributed by atoms with Gasteiger partial charge in [-0.15, -0.1) is 14.8 Å². The number of rotatable bonds is 2. The lowest BCUT2D eigenvalue weighted by molar-refractivity contribution is 0.0404. The average Bonchev–Trinajstić information content (AvgIpc) is 3.28. The lowest BCUT2D eigenvalue weighted by atomic mass is 10.0. The summed E-state index contributed by atoms with van der Waals surface area (Å²) in [5.41, 5.74) is 3.07. The average molecular weight is 335 g/mol. The highest BCUT2D eigenvalue weighted by Crippen LogP contribution is 2.30. The van der Waals surface area contributed by atoms with Crippen LogP contribution in [-0.4, -0.2) is 49.5 Å². The van der Waals surface area contributed by atoms with Gasteiger partial charge in [0.1, 0.15) is 6.10 Å². The van der Waals surface area contributed by atoms with E-state index < -0.39 is 0 Å². The van der Waals surface area contributed by atoms with Crippen molar-refractivity contribution < 1.29 is 4.74 Å². The summed E-state index contributed by atoms with van der Waals surface area (Å²) in [7, 11) is 2.06. The molecule has 1 atom stereocenters. The molecule has 8 nitrogen and oxygen atoms in total. The highest BCUT2D eigenvalue weighted by Gasteiger charge is 2.25. The van der Waals surface area contributed by atoms with Crippen LogP contribution in [0.2, 0.25) is 0 Å². The third-order valence-electron chi connectivity index (χ3n) is 4.75. The molecule has 1 unspecified atom stereocenters. The summed E-state index contributed by atoms with van der Waals surface area (Å²) in [4.78, 5) is 2.22. The second-order valence-corrected chi connectivity index (χ2v) is 6.23. The fourth-order valence-electron chi connectivity index (χ4n) is 3.46. The summed E-state index contributed by atoms with van der Waals surface area (Å²) in [5, 5.41) is 17.2.